The Bertz CT molecular complexity index is 829. The van der Waals surface area contributed by atoms with Crippen molar-refractivity contribution >= 4 is 39.7 Å². The highest BCUT2D eigenvalue weighted by Crippen LogP contribution is 2.33. The molecule has 3 aromatic rings. The third-order valence-electron chi connectivity index (χ3n) is 2.89. The summed E-state index contributed by atoms with van der Waals surface area (Å²) in [6.07, 6.45) is 1.55. The molecule has 0 aliphatic rings. The van der Waals surface area contributed by atoms with Crippen molar-refractivity contribution in [1.29, 1.82) is 0 Å². The van der Waals surface area contributed by atoms with Gasteiger partial charge in [-0.1, -0.05) is 41.7 Å². The number of hydrogen-bond acceptors (Lipinski definition) is 7. The Labute approximate surface area is 139 Å². The molecule has 0 radical (unpaired) electrons. The second kappa shape index (κ2) is 6.67. The third kappa shape index (κ3) is 3.27. The summed E-state index contributed by atoms with van der Waals surface area (Å²) < 4.78 is 4.77. The van der Waals surface area contributed by atoms with Crippen LogP contribution >= 0.6 is 22.7 Å². The van der Waals surface area contributed by atoms with Gasteiger partial charge in [0.05, 0.1) is 12.0 Å². The van der Waals surface area contributed by atoms with Crippen LogP contribution in [0.3, 0.4) is 0 Å². The van der Waals surface area contributed by atoms with Crippen LogP contribution < -0.4 is 5.32 Å². The van der Waals surface area contributed by atoms with Gasteiger partial charge in [0.1, 0.15) is 0 Å². The average molecular weight is 345 g/mol. The van der Waals surface area contributed by atoms with Crippen molar-refractivity contribution < 1.29 is 14.3 Å². The zero-order valence-electron chi connectivity index (χ0n) is 12.0. The summed E-state index contributed by atoms with van der Waals surface area (Å²) in [5.74, 6) is -0.903. The largest absolute Gasteiger partial charge is 0.464 e. The normalized spacial score (nSPS) is 10.3. The van der Waals surface area contributed by atoms with Crippen molar-refractivity contribution in [2.75, 3.05) is 12.4 Å². The molecular weight excluding hydrogens is 334 g/mol. The van der Waals surface area contributed by atoms with E-state index in [1.165, 1.54) is 29.8 Å². The molecule has 0 saturated carbocycles. The molecule has 0 atom stereocenters. The fourth-order valence-electron chi connectivity index (χ4n) is 1.88. The molecule has 2 aromatic heterocycles. The van der Waals surface area contributed by atoms with Crippen molar-refractivity contribution in [2.24, 2.45) is 0 Å². The molecule has 23 heavy (non-hydrogen) atoms. The number of anilines is 1. The summed E-state index contributed by atoms with van der Waals surface area (Å²) in [6, 6.07) is 9.35. The number of nitrogens with one attached hydrogen (secondary N) is 1. The second-order valence-electron chi connectivity index (χ2n) is 4.35. The quantitative estimate of drug-likeness (QED) is 0.734. The molecule has 0 aliphatic heterocycles. The summed E-state index contributed by atoms with van der Waals surface area (Å²) in [7, 11) is 1.30. The molecule has 0 bridgehead atoms. The predicted octanol–water partition coefficient (Wildman–Crippen LogP) is 3.31. The number of aromatic nitrogens is 2. The highest BCUT2D eigenvalue weighted by molar-refractivity contribution is 7.19. The molecule has 1 aromatic carbocycles. The van der Waals surface area contributed by atoms with Gasteiger partial charge >= 0.3 is 5.97 Å². The lowest BCUT2D eigenvalue weighted by Gasteiger charge is -1.99. The van der Waals surface area contributed by atoms with Gasteiger partial charge in [-0.15, -0.1) is 11.3 Å². The van der Waals surface area contributed by atoms with Crippen molar-refractivity contribution in [3.05, 3.63) is 52.6 Å². The lowest BCUT2D eigenvalue weighted by molar-refractivity contribution is 0.0595. The Morgan fingerprint density at radius 2 is 2.00 bits per heavy atom. The number of methoxy groups -OCH3 is 1. The molecule has 3 rings (SSSR count). The van der Waals surface area contributed by atoms with Gasteiger partial charge in [-0.05, 0) is 5.56 Å². The Morgan fingerprint density at radius 1 is 1.22 bits per heavy atom. The van der Waals surface area contributed by atoms with Gasteiger partial charge in [0.15, 0.2) is 15.8 Å². The third-order valence-corrected chi connectivity index (χ3v) is 4.68. The van der Waals surface area contributed by atoms with Crippen LogP contribution in [-0.4, -0.2) is 29.0 Å². The van der Waals surface area contributed by atoms with E-state index in [-0.39, 0.29) is 11.6 Å². The van der Waals surface area contributed by atoms with Crippen molar-refractivity contribution in [3.63, 3.8) is 0 Å². The first-order valence-corrected chi connectivity index (χ1v) is 8.24. The van der Waals surface area contributed by atoms with Gasteiger partial charge in [0.2, 0.25) is 0 Å². The zero-order valence-corrected chi connectivity index (χ0v) is 13.6. The van der Waals surface area contributed by atoms with Crippen molar-refractivity contribution in [1.82, 2.24) is 9.97 Å². The number of nitrogens with zero attached hydrogens (tertiary/aromatic N) is 2. The molecule has 0 unspecified atom stereocenters. The number of benzene rings is 1. The number of esters is 1. The van der Waals surface area contributed by atoms with E-state index in [1.807, 2.05) is 30.3 Å². The highest BCUT2D eigenvalue weighted by atomic mass is 32.1. The lowest BCUT2D eigenvalue weighted by atomic mass is 10.1. The number of ether oxygens (including phenoxy) is 1. The Balaban J connectivity index is 1.95. The minimum absolute atomic E-state index is 0.179. The van der Waals surface area contributed by atoms with E-state index in [4.69, 9.17) is 4.74 Å². The Kier molecular flexibility index (Phi) is 4.45. The molecule has 116 valence electrons. The van der Waals surface area contributed by atoms with Crippen LogP contribution in [0.25, 0.3) is 10.4 Å². The molecule has 2 heterocycles. The van der Waals surface area contributed by atoms with Crippen LogP contribution in [-0.2, 0) is 4.74 Å². The molecule has 0 spiro atoms. The van der Waals surface area contributed by atoms with Crippen LogP contribution in [0.5, 0.6) is 0 Å². The van der Waals surface area contributed by atoms with Gasteiger partial charge in [0, 0.05) is 11.6 Å². The number of carbonyl (C=O) groups excluding carboxylic acids is 2. The Morgan fingerprint density at radius 3 is 2.65 bits per heavy atom. The average Bonchev–Trinajstić information content (AvgIpc) is 3.24. The topological polar surface area (TPSA) is 81.2 Å². The molecule has 0 fully saturated rings. The van der Waals surface area contributed by atoms with E-state index < -0.39 is 5.97 Å². The van der Waals surface area contributed by atoms with Gasteiger partial charge < -0.3 is 4.74 Å². The summed E-state index contributed by atoms with van der Waals surface area (Å²) in [5, 5.41) is 5.03. The van der Waals surface area contributed by atoms with E-state index in [9.17, 15) is 9.59 Å². The second-order valence-corrected chi connectivity index (χ2v) is 6.24. The summed E-state index contributed by atoms with van der Waals surface area (Å²) in [5.41, 5.74) is 1.01. The number of hydrogen-bond donors (Lipinski definition) is 1. The Hall–Kier alpha value is -2.58. The van der Waals surface area contributed by atoms with Crippen LogP contribution in [0.1, 0.15) is 20.3 Å². The highest BCUT2D eigenvalue weighted by Gasteiger charge is 2.21. The first-order valence-electron chi connectivity index (χ1n) is 6.54. The van der Waals surface area contributed by atoms with Crippen molar-refractivity contribution in [2.45, 2.75) is 0 Å². The standard InChI is InChI=1S/C15H11N3O3S2/c1-21-14(20)10-11(9-5-3-2-4-6-9)23-15(17-10)18-12(19)13-16-7-8-22-13/h2-8H,1H3,(H,17,18,19). The predicted molar refractivity (Wildman–Crippen MR) is 89.0 cm³/mol. The summed E-state index contributed by atoms with van der Waals surface area (Å²) in [6.45, 7) is 0. The van der Waals surface area contributed by atoms with Crippen LogP contribution in [0.15, 0.2) is 41.9 Å². The maximum Gasteiger partial charge on any atom is 0.358 e. The van der Waals surface area contributed by atoms with E-state index in [0.717, 1.165) is 5.56 Å². The maximum atomic E-state index is 12.1. The van der Waals surface area contributed by atoms with Gasteiger partial charge in [-0.3, -0.25) is 10.1 Å². The van der Waals surface area contributed by atoms with Crippen LogP contribution in [0.2, 0.25) is 0 Å². The number of rotatable bonds is 4. The van der Waals surface area contributed by atoms with E-state index >= 15 is 0 Å². The molecule has 1 amide bonds. The first kappa shape index (κ1) is 15.3. The molecular formula is C15H11N3O3S2. The molecule has 1 N–H and O–H groups in total. The lowest BCUT2D eigenvalue weighted by Crippen LogP contribution is -2.11. The fourth-order valence-corrected chi connectivity index (χ4v) is 3.36. The van der Waals surface area contributed by atoms with Crippen LogP contribution in [0, 0.1) is 0 Å². The maximum absolute atomic E-state index is 12.1. The van der Waals surface area contributed by atoms with Crippen LogP contribution in [0.4, 0.5) is 5.13 Å². The van der Waals surface area contributed by atoms with E-state index in [2.05, 4.69) is 15.3 Å². The number of amides is 1. The molecule has 0 aliphatic carbocycles. The summed E-state index contributed by atoms with van der Waals surface area (Å²) in [4.78, 5) is 32.8. The van der Waals surface area contributed by atoms with Gasteiger partial charge in [-0.25, -0.2) is 14.8 Å². The zero-order chi connectivity index (χ0) is 16.2. The van der Waals surface area contributed by atoms with Gasteiger partial charge in [-0.2, -0.15) is 0 Å². The van der Waals surface area contributed by atoms with E-state index in [0.29, 0.717) is 15.0 Å². The smallest absolute Gasteiger partial charge is 0.358 e. The number of carbonyl (C=O) groups is 2. The number of thiazole rings is 2. The molecule has 8 heteroatoms. The van der Waals surface area contributed by atoms with Gasteiger partial charge in [0.25, 0.3) is 5.91 Å². The monoisotopic (exact) mass is 345 g/mol. The van der Waals surface area contributed by atoms with E-state index in [1.54, 1.807) is 11.6 Å². The molecule has 6 nitrogen and oxygen atoms in total. The minimum Gasteiger partial charge on any atom is -0.464 e. The fraction of sp³-hybridized carbons (Fsp3) is 0.0667. The van der Waals surface area contributed by atoms with Crippen molar-refractivity contribution in [3.8, 4) is 10.4 Å². The summed E-state index contributed by atoms with van der Waals surface area (Å²) >= 11 is 2.45. The molecule has 0 saturated heterocycles. The SMILES string of the molecule is COC(=O)c1nc(NC(=O)c2nccs2)sc1-c1ccccc1. The minimum atomic E-state index is -0.546. The first-order chi connectivity index (χ1) is 11.2.